The Morgan fingerprint density at radius 1 is 1.58 bits per heavy atom. The number of hydrogen-bond acceptors (Lipinski definition) is 4. The molecule has 1 aromatic heterocycles. The lowest BCUT2D eigenvalue weighted by Crippen LogP contribution is -2.44. The molecule has 0 aliphatic carbocycles. The Kier molecular flexibility index (Phi) is 5.32. The number of nitrogens with zero attached hydrogens (tertiary/aromatic N) is 1. The zero-order valence-electron chi connectivity index (χ0n) is 10.9. The molecule has 19 heavy (non-hydrogen) atoms. The third-order valence-corrected chi connectivity index (χ3v) is 5.07. The van der Waals surface area contributed by atoms with Crippen LogP contribution >= 0.6 is 23.1 Å². The van der Waals surface area contributed by atoms with Crippen LogP contribution in [0.1, 0.15) is 27.9 Å². The number of thioether (sulfide) groups is 1. The molecule has 1 fully saturated rings. The van der Waals surface area contributed by atoms with E-state index in [4.69, 9.17) is 5.11 Å². The SMILES string of the molecule is CC1CSCCN1C(=O)c1ccc(C#CCCO)s1. The van der Waals surface area contributed by atoms with Crippen LogP contribution in [0.4, 0.5) is 0 Å². The lowest BCUT2D eigenvalue weighted by Gasteiger charge is -2.32. The van der Waals surface area contributed by atoms with E-state index in [1.165, 1.54) is 11.3 Å². The number of aliphatic hydroxyl groups excluding tert-OH is 1. The molecule has 1 atom stereocenters. The molecule has 2 heterocycles. The predicted octanol–water partition coefficient (Wildman–Crippen LogP) is 2.06. The molecule has 0 bridgehead atoms. The number of hydrogen-bond donors (Lipinski definition) is 1. The molecule has 1 aliphatic rings. The average molecular weight is 295 g/mol. The van der Waals surface area contributed by atoms with Crippen LogP contribution in [0, 0.1) is 11.8 Å². The van der Waals surface area contributed by atoms with E-state index in [0.717, 1.165) is 27.8 Å². The Morgan fingerprint density at radius 3 is 3.16 bits per heavy atom. The smallest absolute Gasteiger partial charge is 0.264 e. The van der Waals surface area contributed by atoms with Crippen molar-refractivity contribution >= 4 is 29.0 Å². The van der Waals surface area contributed by atoms with E-state index < -0.39 is 0 Å². The second-order valence-corrected chi connectivity index (χ2v) is 6.60. The fourth-order valence-electron chi connectivity index (χ4n) is 1.90. The van der Waals surface area contributed by atoms with Crippen molar-refractivity contribution in [2.45, 2.75) is 19.4 Å². The molecule has 1 N–H and O–H groups in total. The molecule has 1 aliphatic heterocycles. The van der Waals surface area contributed by atoms with Crippen LogP contribution in [0.25, 0.3) is 0 Å². The van der Waals surface area contributed by atoms with Gasteiger partial charge in [0.1, 0.15) is 0 Å². The van der Waals surface area contributed by atoms with Crippen LogP contribution in [0.2, 0.25) is 0 Å². The van der Waals surface area contributed by atoms with E-state index >= 15 is 0 Å². The van der Waals surface area contributed by atoms with Gasteiger partial charge in [-0.1, -0.05) is 11.8 Å². The van der Waals surface area contributed by atoms with Gasteiger partial charge in [-0.3, -0.25) is 4.79 Å². The summed E-state index contributed by atoms with van der Waals surface area (Å²) in [6, 6.07) is 4.04. The lowest BCUT2D eigenvalue weighted by molar-refractivity contribution is 0.0721. The van der Waals surface area contributed by atoms with Gasteiger partial charge >= 0.3 is 0 Å². The van der Waals surface area contributed by atoms with Crippen molar-refractivity contribution in [3.05, 3.63) is 21.9 Å². The summed E-state index contributed by atoms with van der Waals surface area (Å²) in [5.74, 6) is 7.99. The van der Waals surface area contributed by atoms with Crippen molar-refractivity contribution in [2.75, 3.05) is 24.7 Å². The van der Waals surface area contributed by atoms with E-state index in [-0.39, 0.29) is 12.5 Å². The standard InChI is InChI=1S/C14H17NO2S2/c1-11-10-18-9-7-15(11)14(17)13-6-5-12(19-13)4-2-3-8-16/h5-6,11,16H,3,7-10H2,1H3. The summed E-state index contributed by atoms with van der Waals surface area (Å²) in [6.07, 6.45) is 0.474. The van der Waals surface area contributed by atoms with E-state index in [9.17, 15) is 4.79 Å². The number of carbonyl (C=O) groups excluding carboxylic acids is 1. The van der Waals surface area contributed by atoms with Crippen LogP contribution in [0.3, 0.4) is 0 Å². The summed E-state index contributed by atoms with van der Waals surface area (Å²) in [5.41, 5.74) is 0. The first kappa shape index (κ1) is 14.4. The highest BCUT2D eigenvalue weighted by molar-refractivity contribution is 7.99. The summed E-state index contributed by atoms with van der Waals surface area (Å²) < 4.78 is 0. The molecule has 3 nitrogen and oxygen atoms in total. The Morgan fingerprint density at radius 2 is 2.42 bits per heavy atom. The second kappa shape index (κ2) is 6.99. The van der Waals surface area contributed by atoms with Crippen LogP contribution in [0.15, 0.2) is 12.1 Å². The molecular weight excluding hydrogens is 278 g/mol. The zero-order valence-corrected chi connectivity index (χ0v) is 12.5. The van der Waals surface area contributed by atoms with E-state index in [1.54, 1.807) is 0 Å². The van der Waals surface area contributed by atoms with Gasteiger partial charge < -0.3 is 10.0 Å². The van der Waals surface area contributed by atoms with Gasteiger partial charge in [0, 0.05) is 30.5 Å². The minimum Gasteiger partial charge on any atom is -0.395 e. The molecule has 1 amide bonds. The maximum Gasteiger partial charge on any atom is 0.264 e. The van der Waals surface area contributed by atoms with Crippen molar-refractivity contribution in [1.82, 2.24) is 4.90 Å². The van der Waals surface area contributed by atoms with Gasteiger partial charge in [-0.25, -0.2) is 0 Å². The van der Waals surface area contributed by atoms with Crippen LogP contribution in [0.5, 0.6) is 0 Å². The number of thiophene rings is 1. The minimum atomic E-state index is 0.0765. The first-order chi connectivity index (χ1) is 9.22. The lowest BCUT2D eigenvalue weighted by atomic mass is 10.3. The van der Waals surface area contributed by atoms with Gasteiger partial charge in [-0.2, -0.15) is 11.8 Å². The van der Waals surface area contributed by atoms with Gasteiger partial charge in [0.25, 0.3) is 5.91 Å². The third kappa shape index (κ3) is 3.75. The summed E-state index contributed by atoms with van der Waals surface area (Å²) >= 11 is 3.34. The second-order valence-electron chi connectivity index (χ2n) is 4.36. The molecule has 2 rings (SSSR count). The highest BCUT2D eigenvalue weighted by atomic mass is 32.2. The van der Waals surface area contributed by atoms with E-state index in [2.05, 4.69) is 18.8 Å². The first-order valence-electron chi connectivity index (χ1n) is 6.30. The van der Waals surface area contributed by atoms with Crippen LogP contribution in [-0.4, -0.2) is 46.6 Å². The van der Waals surface area contributed by atoms with Crippen molar-refractivity contribution < 1.29 is 9.90 Å². The highest BCUT2D eigenvalue weighted by Crippen LogP contribution is 2.22. The molecule has 1 saturated heterocycles. The van der Waals surface area contributed by atoms with Gasteiger partial charge in [0.15, 0.2) is 0 Å². The molecule has 0 aromatic carbocycles. The topological polar surface area (TPSA) is 40.5 Å². The summed E-state index contributed by atoms with van der Waals surface area (Å²) in [6.45, 7) is 3.00. The van der Waals surface area contributed by atoms with E-state index in [0.29, 0.717) is 12.5 Å². The highest BCUT2D eigenvalue weighted by Gasteiger charge is 2.25. The zero-order chi connectivity index (χ0) is 13.7. The maximum atomic E-state index is 12.4. The monoisotopic (exact) mass is 295 g/mol. The maximum absolute atomic E-state index is 12.4. The Hall–Kier alpha value is -0.960. The summed E-state index contributed by atoms with van der Waals surface area (Å²) in [4.78, 5) is 16.0. The van der Waals surface area contributed by atoms with Crippen LogP contribution in [-0.2, 0) is 0 Å². The fraction of sp³-hybridized carbons (Fsp3) is 0.500. The summed E-state index contributed by atoms with van der Waals surface area (Å²) in [7, 11) is 0. The molecule has 102 valence electrons. The molecule has 0 saturated carbocycles. The van der Waals surface area contributed by atoms with Crippen molar-refractivity contribution in [3.63, 3.8) is 0 Å². The Labute approximate surface area is 122 Å². The minimum absolute atomic E-state index is 0.0765. The first-order valence-corrected chi connectivity index (χ1v) is 8.28. The van der Waals surface area contributed by atoms with E-state index in [1.807, 2.05) is 28.8 Å². The number of aliphatic hydroxyl groups is 1. The molecule has 1 unspecified atom stereocenters. The normalized spacial score (nSPS) is 18.8. The fourth-order valence-corrected chi connectivity index (χ4v) is 3.75. The molecule has 5 heteroatoms. The molecule has 0 radical (unpaired) electrons. The van der Waals surface area contributed by atoms with Gasteiger partial charge in [0.05, 0.1) is 16.4 Å². The van der Waals surface area contributed by atoms with Crippen molar-refractivity contribution in [1.29, 1.82) is 0 Å². The average Bonchev–Trinajstić information content (AvgIpc) is 2.88. The van der Waals surface area contributed by atoms with Crippen molar-refractivity contribution in [3.8, 4) is 11.8 Å². The molecule has 1 aromatic rings. The van der Waals surface area contributed by atoms with Crippen LogP contribution < -0.4 is 0 Å². The Balaban J connectivity index is 2.05. The summed E-state index contributed by atoms with van der Waals surface area (Å²) in [5, 5.41) is 8.68. The molecular formula is C14H17NO2S2. The largest absolute Gasteiger partial charge is 0.395 e. The number of rotatable bonds is 2. The van der Waals surface area contributed by atoms with Gasteiger partial charge in [0.2, 0.25) is 0 Å². The predicted molar refractivity (Wildman–Crippen MR) is 80.7 cm³/mol. The quantitative estimate of drug-likeness (QED) is 0.849. The van der Waals surface area contributed by atoms with Crippen molar-refractivity contribution in [2.24, 2.45) is 0 Å². The third-order valence-electron chi connectivity index (χ3n) is 2.89. The number of carbonyl (C=O) groups is 1. The Bertz CT molecular complexity index is 501. The van der Waals surface area contributed by atoms with Gasteiger partial charge in [-0.15, -0.1) is 11.3 Å². The molecule has 0 spiro atoms. The van der Waals surface area contributed by atoms with Gasteiger partial charge in [-0.05, 0) is 19.1 Å². The number of amides is 1.